The van der Waals surface area contributed by atoms with Gasteiger partial charge in [-0.2, -0.15) is 0 Å². The van der Waals surface area contributed by atoms with Crippen LogP contribution in [0.1, 0.15) is 29.9 Å². The highest BCUT2D eigenvalue weighted by atomic mass is 16.5. The quantitative estimate of drug-likeness (QED) is 0.664. The second kappa shape index (κ2) is 4.60. The van der Waals surface area contributed by atoms with Gasteiger partial charge in [-0.1, -0.05) is 6.92 Å². The van der Waals surface area contributed by atoms with Crippen molar-refractivity contribution in [2.75, 3.05) is 6.61 Å². The Labute approximate surface area is 77.8 Å². The number of ether oxygens (including phenoxy) is 1. The zero-order valence-electron chi connectivity index (χ0n) is 7.91. The van der Waals surface area contributed by atoms with Crippen LogP contribution in [0.25, 0.3) is 0 Å². The fourth-order valence-corrected chi connectivity index (χ4v) is 0.969. The first-order valence-corrected chi connectivity index (χ1v) is 4.40. The van der Waals surface area contributed by atoms with Crippen molar-refractivity contribution in [2.24, 2.45) is 0 Å². The number of nitrogens with zero attached hydrogens (tertiary/aromatic N) is 1. The summed E-state index contributed by atoms with van der Waals surface area (Å²) in [5, 5.41) is 0. The third-order valence-corrected chi connectivity index (χ3v) is 1.70. The van der Waals surface area contributed by atoms with Gasteiger partial charge in [-0.25, -0.2) is 4.79 Å². The van der Waals surface area contributed by atoms with E-state index in [4.69, 9.17) is 4.74 Å². The molecule has 0 aliphatic rings. The van der Waals surface area contributed by atoms with Gasteiger partial charge in [0.15, 0.2) is 0 Å². The Morgan fingerprint density at radius 3 is 2.69 bits per heavy atom. The SMILES string of the molecule is CCOC(=O)c1ccc(CC)nc1. The summed E-state index contributed by atoms with van der Waals surface area (Å²) in [6.45, 7) is 4.20. The second-order valence-corrected chi connectivity index (χ2v) is 2.61. The molecule has 70 valence electrons. The maximum atomic E-state index is 11.2. The maximum absolute atomic E-state index is 11.2. The minimum Gasteiger partial charge on any atom is -0.462 e. The van der Waals surface area contributed by atoms with Crippen LogP contribution in [-0.2, 0) is 11.2 Å². The molecule has 1 aromatic heterocycles. The number of rotatable bonds is 3. The first-order chi connectivity index (χ1) is 6.27. The molecule has 0 unspecified atom stereocenters. The zero-order chi connectivity index (χ0) is 9.68. The predicted molar refractivity (Wildman–Crippen MR) is 49.6 cm³/mol. The Kier molecular flexibility index (Phi) is 3.43. The van der Waals surface area contributed by atoms with E-state index in [9.17, 15) is 4.79 Å². The summed E-state index contributed by atoms with van der Waals surface area (Å²) in [4.78, 5) is 15.3. The van der Waals surface area contributed by atoms with Crippen LogP contribution in [0.3, 0.4) is 0 Å². The summed E-state index contributed by atoms with van der Waals surface area (Å²) in [7, 11) is 0. The molecule has 0 spiro atoms. The van der Waals surface area contributed by atoms with E-state index in [1.807, 2.05) is 13.0 Å². The summed E-state index contributed by atoms with van der Waals surface area (Å²) in [6.07, 6.45) is 2.43. The van der Waals surface area contributed by atoms with Crippen LogP contribution < -0.4 is 0 Å². The predicted octanol–water partition coefficient (Wildman–Crippen LogP) is 1.82. The summed E-state index contributed by atoms with van der Waals surface area (Å²) < 4.78 is 4.82. The number of carbonyl (C=O) groups is 1. The third-order valence-electron chi connectivity index (χ3n) is 1.70. The summed E-state index contributed by atoms with van der Waals surface area (Å²) in [5.74, 6) is -0.308. The molecule has 0 fully saturated rings. The molecule has 0 N–H and O–H groups in total. The molecule has 0 aliphatic heterocycles. The molecule has 0 aliphatic carbocycles. The van der Waals surface area contributed by atoms with Crippen LogP contribution in [0.15, 0.2) is 18.3 Å². The number of pyridine rings is 1. The minimum absolute atomic E-state index is 0.308. The number of hydrogen-bond acceptors (Lipinski definition) is 3. The molecule has 0 bridgehead atoms. The van der Waals surface area contributed by atoms with Crippen LogP contribution in [0.5, 0.6) is 0 Å². The largest absolute Gasteiger partial charge is 0.462 e. The van der Waals surface area contributed by atoms with Crippen molar-refractivity contribution in [3.05, 3.63) is 29.6 Å². The van der Waals surface area contributed by atoms with Crippen molar-refractivity contribution in [3.63, 3.8) is 0 Å². The number of esters is 1. The van der Waals surface area contributed by atoms with Crippen LogP contribution in [0.4, 0.5) is 0 Å². The molecule has 13 heavy (non-hydrogen) atoms. The number of aromatic nitrogens is 1. The van der Waals surface area contributed by atoms with Gasteiger partial charge in [0.2, 0.25) is 0 Å². The van der Waals surface area contributed by atoms with Gasteiger partial charge in [0, 0.05) is 11.9 Å². The standard InChI is InChI=1S/C10H13NO2/c1-3-9-6-5-8(7-11-9)10(12)13-4-2/h5-7H,3-4H2,1-2H3. The lowest BCUT2D eigenvalue weighted by atomic mass is 10.2. The van der Waals surface area contributed by atoms with Gasteiger partial charge in [0.25, 0.3) is 0 Å². The fraction of sp³-hybridized carbons (Fsp3) is 0.400. The number of aryl methyl sites for hydroxylation is 1. The molecule has 0 atom stereocenters. The van der Waals surface area contributed by atoms with Gasteiger partial charge in [-0.3, -0.25) is 4.98 Å². The van der Waals surface area contributed by atoms with Gasteiger partial charge in [0.1, 0.15) is 0 Å². The Morgan fingerprint density at radius 1 is 1.46 bits per heavy atom. The minimum atomic E-state index is -0.308. The average molecular weight is 179 g/mol. The molecule has 0 amide bonds. The first-order valence-electron chi connectivity index (χ1n) is 4.40. The zero-order valence-corrected chi connectivity index (χ0v) is 7.91. The molecule has 0 aromatic carbocycles. The highest BCUT2D eigenvalue weighted by Crippen LogP contribution is 2.02. The third kappa shape index (κ3) is 2.54. The Balaban J connectivity index is 2.74. The highest BCUT2D eigenvalue weighted by molar-refractivity contribution is 5.88. The van der Waals surface area contributed by atoms with E-state index in [-0.39, 0.29) is 5.97 Å². The monoisotopic (exact) mass is 179 g/mol. The van der Waals surface area contributed by atoms with Gasteiger partial charge >= 0.3 is 5.97 Å². The molecule has 0 radical (unpaired) electrons. The van der Waals surface area contributed by atoms with Crippen LogP contribution in [0, 0.1) is 0 Å². The van der Waals surface area contributed by atoms with E-state index in [0.717, 1.165) is 12.1 Å². The second-order valence-electron chi connectivity index (χ2n) is 2.61. The summed E-state index contributed by atoms with van der Waals surface area (Å²) >= 11 is 0. The molecule has 0 saturated heterocycles. The molecule has 0 saturated carbocycles. The molecular weight excluding hydrogens is 166 g/mol. The lowest BCUT2D eigenvalue weighted by Crippen LogP contribution is -2.05. The highest BCUT2D eigenvalue weighted by Gasteiger charge is 2.05. The normalized spacial score (nSPS) is 9.69. The van der Waals surface area contributed by atoms with E-state index in [1.54, 1.807) is 19.2 Å². The average Bonchev–Trinajstić information content (AvgIpc) is 2.18. The van der Waals surface area contributed by atoms with Crippen molar-refractivity contribution in [1.29, 1.82) is 0 Å². The van der Waals surface area contributed by atoms with Crippen LogP contribution >= 0.6 is 0 Å². The molecule has 1 aromatic rings. The topological polar surface area (TPSA) is 39.2 Å². The summed E-state index contributed by atoms with van der Waals surface area (Å²) in [5.41, 5.74) is 1.49. The van der Waals surface area contributed by atoms with E-state index in [1.165, 1.54) is 0 Å². The van der Waals surface area contributed by atoms with Gasteiger partial charge in [-0.15, -0.1) is 0 Å². The fourth-order valence-electron chi connectivity index (χ4n) is 0.969. The van der Waals surface area contributed by atoms with Crippen molar-refractivity contribution < 1.29 is 9.53 Å². The molecular formula is C10H13NO2. The van der Waals surface area contributed by atoms with Gasteiger partial charge in [-0.05, 0) is 25.5 Å². The van der Waals surface area contributed by atoms with E-state index in [0.29, 0.717) is 12.2 Å². The van der Waals surface area contributed by atoms with Gasteiger partial charge < -0.3 is 4.74 Å². The van der Waals surface area contributed by atoms with E-state index < -0.39 is 0 Å². The molecule has 1 heterocycles. The van der Waals surface area contributed by atoms with Crippen LogP contribution in [0.2, 0.25) is 0 Å². The Hall–Kier alpha value is -1.38. The van der Waals surface area contributed by atoms with Crippen LogP contribution in [-0.4, -0.2) is 17.6 Å². The summed E-state index contributed by atoms with van der Waals surface area (Å²) in [6, 6.07) is 3.58. The Morgan fingerprint density at radius 2 is 2.23 bits per heavy atom. The lowest BCUT2D eigenvalue weighted by Gasteiger charge is -2.01. The molecule has 1 rings (SSSR count). The lowest BCUT2D eigenvalue weighted by molar-refractivity contribution is 0.0526. The molecule has 3 heteroatoms. The van der Waals surface area contributed by atoms with Crippen molar-refractivity contribution in [3.8, 4) is 0 Å². The van der Waals surface area contributed by atoms with Crippen molar-refractivity contribution in [1.82, 2.24) is 4.98 Å². The smallest absolute Gasteiger partial charge is 0.339 e. The van der Waals surface area contributed by atoms with Crippen molar-refractivity contribution in [2.45, 2.75) is 20.3 Å². The molecule has 3 nitrogen and oxygen atoms in total. The van der Waals surface area contributed by atoms with E-state index in [2.05, 4.69) is 4.98 Å². The maximum Gasteiger partial charge on any atom is 0.339 e. The van der Waals surface area contributed by atoms with Gasteiger partial charge in [0.05, 0.1) is 12.2 Å². The number of carbonyl (C=O) groups excluding carboxylic acids is 1. The van der Waals surface area contributed by atoms with Crippen molar-refractivity contribution >= 4 is 5.97 Å². The number of hydrogen-bond donors (Lipinski definition) is 0. The Bertz CT molecular complexity index is 279. The first kappa shape index (κ1) is 9.71. The van der Waals surface area contributed by atoms with E-state index >= 15 is 0 Å².